The normalized spacial score (nSPS) is 17.6. The number of halogens is 1. The fraction of sp³-hybridized carbons (Fsp3) is 0.529. The zero-order valence-corrected chi connectivity index (χ0v) is 14.1. The molecule has 1 aromatic carbocycles. The van der Waals surface area contributed by atoms with Crippen molar-refractivity contribution in [2.24, 2.45) is 5.73 Å². The summed E-state index contributed by atoms with van der Waals surface area (Å²) in [5, 5.41) is 0.659. The molecule has 2 N–H and O–H groups in total. The molecule has 2 aromatic rings. The van der Waals surface area contributed by atoms with Crippen LogP contribution in [0, 0.1) is 0 Å². The quantitative estimate of drug-likeness (QED) is 0.930. The van der Waals surface area contributed by atoms with Crippen LogP contribution >= 0.6 is 11.6 Å². The van der Waals surface area contributed by atoms with Crippen LogP contribution in [0.3, 0.4) is 0 Å². The number of nitrogens with zero attached hydrogens (tertiary/aromatic N) is 2. The second kappa shape index (κ2) is 6.89. The number of amides is 1. The summed E-state index contributed by atoms with van der Waals surface area (Å²) < 4.78 is 5.85. The number of oxazole rings is 1. The van der Waals surface area contributed by atoms with Gasteiger partial charge in [-0.25, -0.2) is 4.98 Å². The van der Waals surface area contributed by atoms with Crippen molar-refractivity contribution in [2.45, 2.75) is 44.6 Å². The van der Waals surface area contributed by atoms with Crippen LogP contribution in [0.25, 0.3) is 11.1 Å². The molecule has 0 radical (unpaired) electrons. The number of carbonyl (C=O) groups excluding carboxylic acids is 1. The van der Waals surface area contributed by atoms with Gasteiger partial charge in [-0.1, -0.05) is 11.6 Å². The Labute approximate surface area is 140 Å². The largest absolute Gasteiger partial charge is 0.440 e. The van der Waals surface area contributed by atoms with Gasteiger partial charge in [-0.3, -0.25) is 4.79 Å². The van der Waals surface area contributed by atoms with Crippen LogP contribution in [-0.4, -0.2) is 34.9 Å². The number of fused-ring (bicyclic) bond motifs is 1. The van der Waals surface area contributed by atoms with E-state index in [0.717, 1.165) is 49.3 Å². The second-order valence-electron chi connectivity index (χ2n) is 6.34. The Kier molecular flexibility index (Phi) is 4.87. The van der Waals surface area contributed by atoms with Gasteiger partial charge in [-0.15, -0.1) is 0 Å². The van der Waals surface area contributed by atoms with E-state index in [1.165, 1.54) is 0 Å². The van der Waals surface area contributed by atoms with Gasteiger partial charge in [0.15, 0.2) is 11.5 Å². The molecule has 0 spiro atoms. The van der Waals surface area contributed by atoms with Gasteiger partial charge in [0, 0.05) is 36.5 Å². The lowest BCUT2D eigenvalue weighted by molar-refractivity contribution is -0.132. The molecule has 3 rings (SSSR count). The van der Waals surface area contributed by atoms with Gasteiger partial charge >= 0.3 is 0 Å². The van der Waals surface area contributed by atoms with Crippen LogP contribution in [0.4, 0.5) is 0 Å². The number of rotatable bonds is 4. The highest BCUT2D eigenvalue weighted by Gasteiger charge is 2.26. The Morgan fingerprint density at radius 1 is 1.48 bits per heavy atom. The number of carbonyl (C=O) groups is 1. The molecule has 1 amide bonds. The van der Waals surface area contributed by atoms with E-state index < -0.39 is 0 Å². The first-order chi connectivity index (χ1) is 11.0. The van der Waals surface area contributed by atoms with Gasteiger partial charge in [0.1, 0.15) is 5.52 Å². The number of piperidine rings is 1. The Morgan fingerprint density at radius 2 is 2.22 bits per heavy atom. The van der Waals surface area contributed by atoms with Crippen molar-refractivity contribution >= 4 is 28.6 Å². The summed E-state index contributed by atoms with van der Waals surface area (Å²) in [4.78, 5) is 18.6. The van der Waals surface area contributed by atoms with Gasteiger partial charge in [0.05, 0.1) is 0 Å². The molecule has 2 heterocycles. The van der Waals surface area contributed by atoms with E-state index in [2.05, 4.69) is 4.98 Å². The average Bonchev–Trinajstić information content (AvgIpc) is 2.95. The molecule has 1 aliphatic heterocycles. The summed E-state index contributed by atoms with van der Waals surface area (Å²) in [6.07, 6.45) is 3.03. The van der Waals surface area contributed by atoms with Gasteiger partial charge < -0.3 is 15.1 Å². The van der Waals surface area contributed by atoms with Gasteiger partial charge in [-0.05, 0) is 44.4 Å². The second-order valence-corrected chi connectivity index (χ2v) is 6.77. The topological polar surface area (TPSA) is 72.4 Å². The van der Waals surface area contributed by atoms with Gasteiger partial charge in [0.2, 0.25) is 5.91 Å². The summed E-state index contributed by atoms with van der Waals surface area (Å²) in [7, 11) is 0. The summed E-state index contributed by atoms with van der Waals surface area (Å²) in [5.41, 5.74) is 7.27. The molecular formula is C17H22ClN3O2. The average molecular weight is 336 g/mol. The van der Waals surface area contributed by atoms with Crippen LogP contribution in [0.2, 0.25) is 5.02 Å². The minimum absolute atomic E-state index is 0.0723. The molecule has 124 valence electrons. The highest BCUT2D eigenvalue weighted by molar-refractivity contribution is 6.31. The molecule has 0 aliphatic carbocycles. The van der Waals surface area contributed by atoms with Crippen LogP contribution in [0.5, 0.6) is 0 Å². The minimum Gasteiger partial charge on any atom is -0.440 e. The molecule has 1 fully saturated rings. The molecule has 1 aliphatic rings. The zero-order valence-electron chi connectivity index (χ0n) is 13.3. The Morgan fingerprint density at radius 3 is 2.91 bits per heavy atom. The highest BCUT2D eigenvalue weighted by atomic mass is 35.5. The van der Waals surface area contributed by atoms with Crippen LogP contribution in [0.1, 0.15) is 44.4 Å². The molecule has 0 bridgehead atoms. The van der Waals surface area contributed by atoms with Crippen molar-refractivity contribution in [3.8, 4) is 0 Å². The number of benzene rings is 1. The maximum absolute atomic E-state index is 12.1. The number of aromatic nitrogens is 1. The molecule has 23 heavy (non-hydrogen) atoms. The molecule has 1 aromatic heterocycles. The maximum Gasteiger partial charge on any atom is 0.222 e. The molecule has 6 heteroatoms. The first kappa shape index (κ1) is 16.3. The fourth-order valence-corrected chi connectivity index (χ4v) is 3.14. The van der Waals surface area contributed by atoms with Crippen molar-refractivity contribution in [1.29, 1.82) is 0 Å². The van der Waals surface area contributed by atoms with Crippen molar-refractivity contribution < 1.29 is 9.21 Å². The van der Waals surface area contributed by atoms with E-state index in [9.17, 15) is 4.79 Å². The monoisotopic (exact) mass is 335 g/mol. The lowest BCUT2D eigenvalue weighted by Crippen LogP contribution is -2.38. The molecule has 5 nitrogen and oxygen atoms in total. The third-order valence-corrected chi connectivity index (χ3v) is 4.61. The summed E-state index contributed by atoms with van der Waals surface area (Å²) >= 11 is 5.98. The summed E-state index contributed by atoms with van der Waals surface area (Å²) in [6, 6.07) is 5.54. The van der Waals surface area contributed by atoms with E-state index in [0.29, 0.717) is 11.4 Å². The first-order valence-corrected chi connectivity index (χ1v) is 8.50. The van der Waals surface area contributed by atoms with Gasteiger partial charge in [0.25, 0.3) is 0 Å². The SMILES string of the molecule is CC(N)CCC(=O)N1CCC(c2nc3cc(Cl)ccc3o2)CC1. The first-order valence-electron chi connectivity index (χ1n) is 8.12. The van der Waals surface area contributed by atoms with Gasteiger partial charge in [-0.2, -0.15) is 0 Å². The van der Waals surface area contributed by atoms with E-state index >= 15 is 0 Å². The standard InChI is InChI=1S/C17H22ClN3O2/c1-11(19)2-5-16(22)21-8-6-12(7-9-21)17-20-14-10-13(18)3-4-15(14)23-17/h3-4,10-12H,2,5-9,19H2,1H3. The number of hydrogen-bond acceptors (Lipinski definition) is 4. The Bertz CT molecular complexity index is 690. The molecule has 1 unspecified atom stereocenters. The van der Waals surface area contributed by atoms with Crippen molar-refractivity contribution in [1.82, 2.24) is 9.88 Å². The van der Waals surface area contributed by atoms with E-state index in [-0.39, 0.29) is 17.9 Å². The Hall–Kier alpha value is -1.59. The lowest BCUT2D eigenvalue weighted by atomic mass is 9.96. The van der Waals surface area contributed by atoms with Crippen LogP contribution < -0.4 is 5.73 Å². The van der Waals surface area contributed by atoms with Crippen molar-refractivity contribution in [3.63, 3.8) is 0 Å². The Balaban J connectivity index is 1.60. The molecule has 0 saturated carbocycles. The van der Waals surface area contributed by atoms with E-state index in [4.69, 9.17) is 21.8 Å². The molecular weight excluding hydrogens is 314 g/mol. The van der Waals surface area contributed by atoms with Crippen molar-refractivity contribution in [3.05, 3.63) is 29.1 Å². The smallest absolute Gasteiger partial charge is 0.222 e. The maximum atomic E-state index is 12.1. The fourth-order valence-electron chi connectivity index (χ4n) is 2.98. The predicted molar refractivity (Wildman–Crippen MR) is 90.5 cm³/mol. The highest BCUT2D eigenvalue weighted by Crippen LogP contribution is 2.31. The third-order valence-electron chi connectivity index (χ3n) is 4.38. The summed E-state index contributed by atoms with van der Waals surface area (Å²) in [5.74, 6) is 1.22. The number of nitrogens with two attached hydrogens (primary N) is 1. The molecule has 1 saturated heterocycles. The predicted octanol–water partition coefficient (Wildman–Crippen LogP) is 3.31. The van der Waals surface area contributed by atoms with Crippen LogP contribution in [-0.2, 0) is 4.79 Å². The van der Waals surface area contributed by atoms with E-state index in [1.54, 1.807) is 6.07 Å². The number of hydrogen-bond donors (Lipinski definition) is 1. The lowest BCUT2D eigenvalue weighted by Gasteiger charge is -2.30. The van der Waals surface area contributed by atoms with Crippen molar-refractivity contribution in [2.75, 3.05) is 13.1 Å². The summed E-state index contributed by atoms with van der Waals surface area (Å²) in [6.45, 7) is 3.43. The zero-order chi connectivity index (χ0) is 16.4. The minimum atomic E-state index is 0.0723. The van der Waals surface area contributed by atoms with E-state index in [1.807, 2.05) is 24.0 Å². The van der Waals surface area contributed by atoms with Crippen LogP contribution in [0.15, 0.2) is 22.6 Å². The number of likely N-dealkylation sites (tertiary alicyclic amines) is 1. The molecule has 1 atom stereocenters. The third kappa shape index (κ3) is 3.85.